The molecule has 0 saturated heterocycles. The number of aromatic nitrogens is 2. The first kappa shape index (κ1) is 28.8. The second-order valence-electron chi connectivity index (χ2n) is 14.5. The summed E-state index contributed by atoms with van der Waals surface area (Å²) in [6, 6.07) is 65.0. The molecule has 244 valence electrons. The molecule has 53 heavy (non-hydrogen) atoms. The maximum Gasteiger partial charge on any atom is 0.0972 e. The van der Waals surface area contributed by atoms with E-state index < -0.39 is 5.41 Å². The lowest BCUT2D eigenvalue weighted by atomic mass is 9.70. The Labute approximate surface area is 306 Å². The largest absolute Gasteiger partial charge is 0.254 e. The molecule has 0 unspecified atom stereocenters. The minimum atomic E-state index is -0.396. The monoisotopic (exact) mass is 670 g/mol. The summed E-state index contributed by atoms with van der Waals surface area (Å²) in [6.45, 7) is 0. The van der Waals surface area contributed by atoms with Crippen LogP contribution in [-0.4, -0.2) is 9.97 Å². The Morgan fingerprint density at radius 2 is 0.887 bits per heavy atom. The zero-order valence-corrected chi connectivity index (χ0v) is 28.7. The molecule has 1 spiro atoms. The summed E-state index contributed by atoms with van der Waals surface area (Å²) in [6.07, 6.45) is 1.85. The number of fused-ring (bicyclic) bond motifs is 15. The number of hydrogen-bond acceptors (Lipinski definition) is 2. The number of pyridine rings is 2. The maximum atomic E-state index is 5.15. The van der Waals surface area contributed by atoms with E-state index in [0.29, 0.717) is 0 Å². The van der Waals surface area contributed by atoms with E-state index in [2.05, 4.69) is 175 Å². The molecule has 2 aliphatic carbocycles. The fraction of sp³-hybridized carbons (Fsp3) is 0.0196. The Kier molecular flexibility index (Phi) is 5.73. The molecule has 2 aromatic heterocycles. The molecule has 2 aliphatic rings. The molecule has 0 fully saturated rings. The molecule has 10 aromatic rings. The Morgan fingerprint density at radius 1 is 0.321 bits per heavy atom. The van der Waals surface area contributed by atoms with E-state index in [0.717, 1.165) is 33.1 Å². The number of benzene rings is 8. The van der Waals surface area contributed by atoms with Crippen molar-refractivity contribution in [2.45, 2.75) is 5.41 Å². The van der Waals surface area contributed by atoms with Gasteiger partial charge in [-0.2, -0.15) is 0 Å². The summed E-state index contributed by atoms with van der Waals surface area (Å²) >= 11 is 0. The van der Waals surface area contributed by atoms with Gasteiger partial charge in [-0.15, -0.1) is 0 Å². The molecule has 0 saturated carbocycles. The number of nitrogens with zero attached hydrogens (tertiary/aromatic N) is 2. The molecule has 2 nitrogen and oxygen atoms in total. The predicted octanol–water partition coefficient (Wildman–Crippen LogP) is 12.8. The third-order valence-corrected chi connectivity index (χ3v) is 11.8. The van der Waals surface area contributed by atoms with Gasteiger partial charge in [0, 0.05) is 22.5 Å². The Hall–Kier alpha value is -6.90. The van der Waals surface area contributed by atoms with Gasteiger partial charge in [0.2, 0.25) is 0 Å². The number of rotatable bonds is 2. The summed E-state index contributed by atoms with van der Waals surface area (Å²) in [5, 5.41) is 7.23. The normalized spacial score (nSPS) is 13.4. The fourth-order valence-corrected chi connectivity index (χ4v) is 9.49. The summed E-state index contributed by atoms with van der Waals surface area (Å²) in [4.78, 5) is 9.83. The van der Waals surface area contributed by atoms with Gasteiger partial charge in [-0.05, 0) is 126 Å². The van der Waals surface area contributed by atoms with Crippen LogP contribution in [0.15, 0.2) is 182 Å². The van der Waals surface area contributed by atoms with Crippen LogP contribution in [0.5, 0.6) is 0 Å². The molecule has 0 radical (unpaired) electrons. The van der Waals surface area contributed by atoms with Crippen LogP contribution in [0.3, 0.4) is 0 Å². The van der Waals surface area contributed by atoms with Crippen LogP contribution in [0.25, 0.3) is 88.0 Å². The SMILES string of the molecule is c1cc(-c2ccc3cc4c(cc3c2)C2(c3ccccc3-c3ccccc32)c2cc3ccccc3cc2-4)cc(-c2ccc3ccc4cccnc4c3n2)c1. The molecule has 0 atom stereocenters. The zero-order valence-electron chi connectivity index (χ0n) is 28.7. The third-order valence-electron chi connectivity index (χ3n) is 11.8. The van der Waals surface area contributed by atoms with Crippen molar-refractivity contribution in [3.05, 3.63) is 204 Å². The lowest BCUT2D eigenvalue weighted by Gasteiger charge is -2.30. The first-order valence-corrected chi connectivity index (χ1v) is 18.3. The molecule has 0 aliphatic heterocycles. The highest BCUT2D eigenvalue weighted by atomic mass is 14.7. The average molecular weight is 671 g/mol. The van der Waals surface area contributed by atoms with Crippen molar-refractivity contribution in [3.8, 4) is 44.6 Å². The molecule has 2 heteroatoms. The first-order chi connectivity index (χ1) is 26.2. The minimum Gasteiger partial charge on any atom is -0.254 e. The van der Waals surface area contributed by atoms with E-state index in [4.69, 9.17) is 4.98 Å². The molecule has 0 bridgehead atoms. The van der Waals surface area contributed by atoms with E-state index in [1.54, 1.807) is 0 Å². The van der Waals surface area contributed by atoms with E-state index in [-0.39, 0.29) is 0 Å². The van der Waals surface area contributed by atoms with Crippen molar-refractivity contribution in [1.82, 2.24) is 9.97 Å². The maximum absolute atomic E-state index is 5.15. The van der Waals surface area contributed by atoms with Gasteiger partial charge in [0.1, 0.15) is 0 Å². The van der Waals surface area contributed by atoms with E-state index in [1.807, 2.05) is 12.3 Å². The van der Waals surface area contributed by atoms with Crippen LogP contribution < -0.4 is 0 Å². The summed E-state index contributed by atoms with van der Waals surface area (Å²) in [5.41, 5.74) is 16.6. The second kappa shape index (κ2) is 10.6. The van der Waals surface area contributed by atoms with Crippen LogP contribution in [0.2, 0.25) is 0 Å². The minimum absolute atomic E-state index is 0.396. The van der Waals surface area contributed by atoms with Crippen LogP contribution >= 0.6 is 0 Å². The van der Waals surface area contributed by atoms with Crippen LogP contribution in [0, 0.1) is 0 Å². The highest BCUT2D eigenvalue weighted by Crippen LogP contribution is 2.63. The van der Waals surface area contributed by atoms with Crippen molar-refractivity contribution in [1.29, 1.82) is 0 Å². The molecule has 0 amide bonds. The lowest BCUT2D eigenvalue weighted by molar-refractivity contribution is 0.796. The summed E-state index contributed by atoms with van der Waals surface area (Å²) < 4.78 is 0. The van der Waals surface area contributed by atoms with Crippen molar-refractivity contribution in [2.75, 3.05) is 0 Å². The van der Waals surface area contributed by atoms with Crippen molar-refractivity contribution >= 4 is 43.4 Å². The highest BCUT2D eigenvalue weighted by Gasteiger charge is 2.51. The van der Waals surface area contributed by atoms with Crippen molar-refractivity contribution in [3.63, 3.8) is 0 Å². The Morgan fingerprint density at radius 3 is 1.66 bits per heavy atom. The molecule has 8 aromatic carbocycles. The number of hydrogen-bond donors (Lipinski definition) is 0. The second-order valence-corrected chi connectivity index (χ2v) is 14.5. The highest BCUT2D eigenvalue weighted by molar-refractivity contribution is 6.05. The Balaban J connectivity index is 1.06. The smallest absolute Gasteiger partial charge is 0.0972 e. The topological polar surface area (TPSA) is 25.8 Å². The van der Waals surface area contributed by atoms with Gasteiger partial charge in [0.15, 0.2) is 0 Å². The Bertz CT molecular complexity index is 3140. The predicted molar refractivity (Wildman–Crippen MR) is 219 cm³/mol. The zero-order chi connectivity index (χ0) is 34.7. The molecular formula is C51H30N2. The molecular weight excluding hydrogens is 641 g/mol. The van der Waals surface area contributed by atoms with Gasteiger partial charge in [-0.1, -0.05) is 127 Å². The summed E-state index contributed by atoms with van der Waals surface area (Å²) in [7, 11) is 0. The third kappa shape index (κ3) is 3.92. The summed E-state index contributed by atoms with van der Waals surface area (Å²) in [5.74, 6) is 0. The average Bonchev–Trinajstić information content (AvgIpc) is 3.67. The quantitative estimate of drug-likeness (QED) is 0.171. The van der Waals surface area contributed by atoms with Crippen LogP contribution in [-0.2, 0) is 5.41 Å². The van der Waals surface area contributed by atoms with Crippen molar-refractivity contribution in [2.24, 2.45) is 0 Å². The van der Waals surface area contributed by atoms with Crippen molar-refractivity contribution < 1.29 is 0 Å². The van der Waals surface area contributed by atoms with Gasteiger partial charge in [-0.25, -0.2) is 4.98 Å². The first-order valence-electron chi connectivity index (χ1n) is 18.3. The van der Waals surface area contributed by atoms with E-state index in [1.165, 1.54) is 77.2 Å². The van der Waals surface area contributed by atoms with Gasteiger partial charge in [-0.3, -0.25) is 4.98 Å². The standard InChI is InChI=1S/C51H30N2/c1-2-10-35-29-46-42(27-34(35)9-1)43-28-37-21-20-36(26-39(37)30-47(43)51(46)44-16-5-3-14-40(44)41-15-4-6-17-45(41)51)33-11-7-12-38(25-33)48-23-22-32-19-18-31-13-8-24-52-49(31)50(32)53-48/h1-30H. The van der Waals surface area contributed by atoms with Gasteiger partial charge < -0.3 is 0 Å². The van der Waals surface area contributed by atoms with Crippen LogP contribution in [0.1, 0.15) is 22.3 Å². The van der Waals surface area contributed by atoms with E-state index in [9.17, 15) is 0 Å². The molecule has 0 N–H and O–H groups in total. The van der Waals surface area contributed by atoms with Gasteiger partial charge in [0.25, 0.3) is 0 Å². The van der Waals surface area contributed by atoms with Crippen LogP contribution in [0.4, 0.5) is 0 Å². The molecule has 12 rings (SSSR count). The van der Waals surface area contributed by atoms with Gasteiger partial charge in [0.05, 0.1) is 22.1 Å². The van der Waals surface area contributed by atoms with E-state index >= 15 is 0 Å². The lowest BCUT2D eigenvalue weighted by Crippen LogP contribution is -2.25. The fourth-order valence-electron chi connectivity index (χ4n) is 9.49. The van der Waals surface area contributed by atoms with Gasteiger partial charge >= 0.3 is 0 Å². The molecule has 2 heterocycles.